The molecule has 2 aliphatic rings. The molecule has 134 valence electrons. The predicted octanol–water partition coefficient (Wildman–Crippen LogP) is 2.69. The van der Waals surface area contributed by atoms with Gasteiger partial charge < -0.3 is 9.15 Å². The van der Waals surface area contributed by atoms with Gasteiger partial charge in [-0.05, 0) is 26.0 Å². The Balaban J connectivity index is 1.48. The van der Waals surface area contributed by atoms with Crippen LogP contribution >= 0.6 is 0 Å². The second-order valence-corrected chi connectivity index (χ2v) is 7.01. The SMILES string of the molecule is Cc1oc(-c2ccccc2F)nc1CN1CCN2[C@@H](COC[C@@H]2C)C1. The first-order chi connectivity index (χ1) is 12.1. The van der Waals surface area contributed by atoms with Crippen LogP contribution in [0.25, 0.3) is 11.5 Å². The highest BCUT2D eigenvalue weighted by atomic mass is 19.1. The van der Waals surface area contributed by atoms with E-state index >= 15 is 0 Å². The summed E-state index contributed by atoms with van der Waals surface area (Å²) in [6.07, 6.45) is 0. The molecule has 0 spiro atoms. The normalized spacial score (nSPS) is 25.1. The Bertz CT molecular complexity index is 748. The monoisotopic (exact) mass is 345 g/mol. The molecule has 0 bridgehead atoms. The zero-order chi connectivity index (χ0) is 17.4. The quantitative estimate of drug-likeness (QED) is 0.856. The lowest BCUT2D eigenvalue weighted by atomic mass is 10.1. The number of oxazole rings is 1. The van der Waals surface area contributed by atoms with Crippen LogP contribution in [-0.2, 0) is 11.3 Å². The zero-order valence-electron chi connectivity index (χ0n) is 14.7. The largest absolute Gasteiger partial charge is 0.441 e. The number of nitrogens with zero attached hydrogens (tertiary/aromatic N) is 3. The Morgan fingerprint density at radius 2 is 2.08 bits per heavy atom. The molecule has 0 unspecified atom stereocenters. The molecule has 2 aromatic rings. The molecule has 3 heterocycles. The molecular weight excluding hydrogens is 321 g/mol. The van der Waals surface area contributed by atoms with E-state index in [0.29, 0.717) is 23.5 Å². The van der Waals surface area contributed by atoms with Crippen molar-refractivity contribution in [3.05, 3.63) is 41.5 Å². The Morgan fingerprint density at radius 1 is 1.24 bits per heavy atom. The van der Waals surface area contributed by atoms with Crippen LogP contribution in [0, 0.1) is 12.7 Å². The predicted molar refractivity (Wildman–Crippen MR) is 92.7 cm³/mol. The standard InChI is InChI=1S/C19H24FN3O2/c1-13-11-24-12-15-9-22(7-8-23(13)15)10-18-14(2)25-19(21-18)16-5-3-4-6-17(16)20/h3-6,13,15H,7-12H2,1-2H3/t13-,15+/m0/s1. The molecule has 2 aliphatic heterocycles. The van der Waals surface area contributed by atoms with Crippen LogP contribution in [0.2, 0.25) is 0 Å². The summed E-state index contributed by atoms with van der Waals surface area (Å²) in [4.78, 5) is 9.49. The van der Waals surface area contributed by atoms with Gasteiger partial charge in [0.15, 0.2) is 0 Å². The van der Waals surface area contributed by atoms with Crippen molar-refractivity contribution in [3.63, 3.8) is 0 Å². The maximum atomic E-state index is 14.0. The summed E-state index contributed by atoms with van der Waals surface area (Å²) < 4.78 is 25.4. The smallest absolute Gasteiger partial charge is 0.229 e. The summed E-state index contributed by atoms with van der Waals surface area (Å²) in [6.45, 7) is 9.48. The number of hydrogen-bond acceptors (Lipinski definition) is 5. The number of fused-ring (bicyclic) bond motifs is 1. The van der Waals surface area contributed by atoms with Crippen molar-refractivity contribution in [2.75, 3.05) is 32.8 Å². The first-order valence-electron chi connectivity index (χ1n) is 8.89. The van der Waals surface area contributed by atoms with Crippen LogP contribution < -0.4 is 0 Å². The number of halogens is 1. The van der Waals surface area contributed by atoms with Crippen LogP contribution in [0.1, 0.15) is 18.4 Å². The molecule has 1 aromatic carbocycles. The van der Waals surface area contributed by atoms with Gasteiger partial charge in [-0.15, -0.1) is 0 Å². The van der Waals surface area contributed by atoms with E-state index < -0.39 is 0 Å². The molecule has 0 N–H and O–H groups in total. The molecular formula is C19H24FN3O2. The molecule has 2 atom stereocenters. The number of piperazine rings is 1. The molecule has 6 heteroatoms. The third-order valence-corrected chi connectivity index (χ3v) is 5.22. The summed E-state index contributed by atoms with van der Waals surface area (Å²) in [5, 5.41) is 0. The molecule has 0 saturated carbocycles. The summed E-state index contributed by atoms with van der Waals surface area (Å²) in [7, 11) is 0. The fourth-order valence-corrected chi connectivity index (χ4v) is 3.81. The molecule has 4 rings (SSSR count). The average molecular weight is 345 g/mol. The molecule has 2 fully saturated rings. The van der Waals surface area contributed by atoms with Gasteiger partial charge in [0.1, 0.15) is 11.6 Å². The lowest BCUT2D eigenvalue weighted by Gasteiger charge is -2.46. The third-order valence-electron chi connectivity index (χ3n) is 5.22. The van der Waals surface area contributed by atoms with E-state index in [4.69, 9.17) is 9.15 Å². The number of aromatic nitrogens is 1. The minimum Gasteiger partial charge on any atom is -0.441 e. The molecule has 5 nitrogen and oxygen atoms in total. The van der Waals surface area contributed by atoms with E-state index in [9.17, 15) is 4.39 Å². The molecule has 1 aromatic heterocycles. The Kier molecular flexibility index (Phi) is 4.58. The molecule has 0 aliphatic carbocycles. The first-order valence-corrected chi connectivity index (χ1v) is 8.89. The van der Waals surface area contributed by atoms with Crippen molar-refractivity contribution >= 4 is 0 Å². The van der Waals surface area contributed by atoms with Crippen molar-refractivity contribution in [3.8, 4) is 11.5 Å². The summed E-state index contributed by atoms with van der Waals surface area (Å²) in [5.74, 6) is 0.810. The van der Waals surface area contributed by atoms with Gasteiger partial charge in [-0.1, -0.05) is 12.1 Å². The van der Waals surface area contributed by atoms with Crippen LogP contribution in [0.5, 0.6) is 0 Å². The maximum Gasteiger partial charge on any atom is 0.229 e. The van der Waals surface area contributed by atoms with Gasteiger partial charge in [0, 0.05) is 38.3 Å². The molecule has 2 saturated heterocycles. The fourth-order valence-electron chi connectivity index (χ4n) is 3.81. The number of ether oxygens (including phenoxy) is 1. The second kappa shape index (κ2) is 6.86. The molecule has 0 amide bonds. The third kappa shape index (κ3) is 3.34. The lowest BCUT2D eigenvalue weighted by molar-refractivity contribution is -0.0767. The molecule has 0 radical (unpaired) electrons. The molecule has 25 heavy (non-hydrogen) atoms. The van der Waals surface area contributed by atoms with Crippen LogP contribution in [0.4, 0.5) is 4.39 Å². The topological polar surface area (TPSA) is 41.7 Å². The van der Waals surface area contributed by atoms with Crippen LogP contribution in [-0.4, -0.2) is 59.7 Å². The highest BCUT2D eigenvalue weighted by molar-refractivity contribution is 5.54. The Labute approximate surface area is 147 Å². The number of rotatable bonds is 3. The fraction of sp³-hybridized carbons (Fsp3) is 0.526. The van der Waals surface area contributed by atoms with E-state index in [2.05, 4.69) is 21.7 Å². The van der Waals surface area contributed by atoms with Crippen LogP contribution in [0.3, 0.4) is 0 Å². The highest BCUT2D eigenvalue weighted by Crippen LogP contribution is 2.26. The van der Waals surface area contributed by atoms with Gasteiger partial charge in [0.05, 0.1) is 24.5 Å². The van der Waals surface area contributed by atoms with E-state index in [0.717, 1.165) is 50.8 Å². The van der Waals surface area contributed by atoms with E-state index in [1.54, 1.807) is 18.2 Å². The number of morpholine rings is 1. The minimum absolute atomic E-state index is 0.308. The zero-order valence-corrected chi connectivity index (χ0v) is 14.7. The van der Waals surface area contributed by atoms with E-state index in [1.165, 1.54) is 6.07 Å². The van der Waals surface area contributed by atoms with Gasteiger partial charge in [0.2, 0.25) is 5.89 Å². The van der Waals surface area contributed by atoms with Crippen molar-refractivity contribution in [1.29, 1.82) is 0 Å². The number of aryl methyl sites for hydroxylation is 1. The Morgan fingerprint density at radius 3 is 2.92 bits per heavy atom. The van der Waals surface area contributed by atoms with Gasteiger partial charge in [-0.3, -0.25) is 9.80 Å². The lowest BCUT2D eigenvalue weighted by Crippen LogP contribution is -2.60. The maximum absolute atomic E-state index is 14.0. The summed E-state index contributed by atoms with van der Waals surface area (Å²) in [5.41, 5.74) is 1.30. The van der Waals surface area contributed by atoms with Gasteiger partial charge in [-0.25, -0.2) is 9.37 Å². The average Bonchev–Trinajstić information content (AvgIpc) is 2.96. The minimum atomic E-state index is -0.308. The number of benzene rings is 1. The summed E-state index contributed by atoms with van der Waals surface area (Å²) in [6, 6.07) is 7.52. The van der Waals surface area contributed by atoms with Crippen molar-refractivity contribution in [2.24, 2.45) is 0 Å². The van der Waals surface area contributed by atoms with Crippen molar-refractivity contribution in [2.45, 2.75) is 32.5 Å². The van der Waals surface area contributed by atoms with Gasteiger partial charge in [0.25, 0.3) is 0 Å². The van der Waals surface area contributed by atoms with Crippen molar-refractivity contribution in [1.82, 2.24) is 14.8 Å². The number of hydrogen-bond donors (Lipinski definition) is 0. The van der Waals surface area contributed by atoms with E-state index in [1.807, 2.05) is 6.92 Å². The van der Waals surface area contributed by atoms with Gasteiger partial charge in [-0.2, -0.15) is 0 Å². The summed E-state index contributed by atoms with van der Waals surface area (Å²) >= 11 is 0. The first kappa shape index (κ1) is 16.7. The van der Waals surface area contributed by atoms with Gasteiger partial charge >= 0.3 is 0 Å². The highest BCUT2D eigenvalue weighted by Gasteiger charge is 2.33. The van der Waals surface area contributed by atoms with Crippen LogP contribution in [0.15, 0.2) is 28.7 Å². The second-order valence-electron chi connectivity index (χ2n) is 7.01. The van der Waals surface area contributed by atoms with E-state index in [-0.39, 0.29) is 5.82 Å². The Hall–Kier alpha value is -1.76. The van der Waals surface area contributed by atoms with Crippen molar-refractivity contribution < 1.29 is 13.5 Å².